The zero-order chi connectivity index (χ0) is 16.9. The van der Waals surface area contributed by atoms with E-state index in [1.54, 1.807) is 12.5 Å². The van der Waals surface area contributed by atoms with Gasteiger partial charge in [0.1, 0.15) is 0 Å². The van der Waals surface area contributed by atoms with Crippen molar-refractivity contribution in [2.24, 2.45) is 5.92 Å². The molecule has 128 valence electrons. The van der Waals surface area contributed by atoms with E-state index in [-0.39, 0.29) is 12.1 Å². The number of carbonyl (C=O) groups is 1. The van der Waals surface area contributed by atoms with Crippen molar-refractivity contribution in [2.75, 3.05) is 0 Å². The summed E-state index contributed by atoms with van der Waals surface area (Å²) in [5.41, 5.74) is 2.15. The second-order valence-corrected chi connectivity index (χ2v) is 6.86. The quantitative estimate of drug-likeness (QED) is 0.897. The number of rotatable bonds is 4. The Balaban J connectivity index is 1.52. The van der Waals surface area contributed by atoms with Gasteiger partial charge in [0.15, 0.2) is 0 Å². The summed E-state index contributed by atoms with van der Waals surface area (Å²) in [7, 11) is 0. The molecule has 0 bridgehead atoms. The van der Waals surface area contributed by atoms with Crippen molar-refractivity contribution >= 4 is 6.03 Å². The molecule has 1 aromatic heterocycles. The largest absolute Gasteiger partial charge is 0.335 e. The number of nitrogens with zero attached hydrogens (tertiary/aromatic N) is 2. The molecule has 24 heavy (non-hydrogen) atoms. The van der Waals surface area contributed by atoms with E-state index < -0.39 is 0 Å². The van der Waals surface area contributed by atoms with Crippen molar-refractivity contribution in [3.63, 3.8) is 0 Å². The smallest absolute Gasteiger partial charge is 0.315 e. The van der Waals surface area contributed by atoms with Gasteiger partial charge in [-0.05, 0) is 56.2 Å². The van der Waals surface area contributed by atoms with Crippen molar-refractivity contribution in [3.8, 4) is 5.69 Å². The Bertz CT molecular complexity index is 643. The number of aromatic nitrogens is 2. The summed E-state index contributed by atoms with van der Waals surface area (Å²) in [6, 6.07) is 8.39. The van der Waals surface area contributed by atoms with Crippen molar-refractivity contribution < 1.29 is 4.79 Å². The van der Waals surface area contributed by atoms with Gasteiger partial charge in [0, 0.05) is 24.1 Å². The molecule has 1 saturated carbocycles. The Morgan fingerprint density at radius 1 is 1.21 bits per heavy atom. The number of hydrogen-bond donors (Lipinski definition) is 2. The fourth-order valence-electron chi connectivity index (χ4n) is 3.26. The molecule has 0 spiro atoms. The first-order valence-corrected chi connectivity index (χ1v) is 8.77. The third kappa shape index (κ3) is 4.16. The molecule has 0 aliphatic heterocycles. The van der Waals surface area contributed by atoms with E-state index in [4.69, 9.17) is 0 Å². The van der Waals surface area contributed by atoms with E-state index in [1.165, 1.54) is 12.8 Å². The summed E-state index contributed by atoms with van der Waals surface area (Å²) in [5, 5.41) is 6.15. The van der Waals surface area contributed by atoms with Crippen LogP contribution in [0.2, 0.25) is 0 Å². The summed E-state index contributed by atoms with van der Waals surface area (Å²) >= 11 is 0. The van der Waals surface area contributed by atoms with E-state index in [9.17, 15) is 4.79 Å². The van der Waals surface area contributed by atoms with Gasteiger partial charge in [-0.25, -0.2) is 9.78 Å². The number of imidazole rings is 1. The molecule has 1 heterocycles. The summed E-state index contributed by atoms with van der Waals surface area (Å²) in [6.45, 7) is 4.29. The van der Waals surface area contributed by atoms with Crippen LogP contribution >= 0.6 is 0 Å². The molecule has 1 unspecified atom stereocenters. The van der Waals surface area contributed by atoms with Crippen LogP contribution in [0, 0.1) is 5.92 Å². The second kappa shape index (κ2) is 7.51. The summed E-state index contributed by atoms with van der Waals surface area (Å²) in [6.07, 6.45) is 10.0. The van der Waals surface area contributed by atoms with E-state index in [0.29, 0.717) is 6.04 Å². The van der Waals surface area contributed by atoms with Crippen molar-refractivity contribution in [1.29, 1.82) is 0 Å². The van der Waals surface area contributed by atoms with Crippen LogP contribution in [0.3, 0.4) is 0 Å². The molecule has 0 radical (unpaired) electrons. The fraction of sp³-hybridized carbons (Fsp3) is 0.474. The van der Waals surface area contributed by atoms with Crippen LogP contribution in [-0.4, -0.2) is 21.6 Å². The predicted molar refractivity (Wildman–Crippen MR) is 95.1 cm³/mol. The number of nitrogens with one attached hydrogen (secondary N) is 2. The highest BCUT2D eigenvalue weighted by Crippen LogP contribution is 2.23. The van der Waals surface area contributed by atoms with E-state index in [0.717, 1.165) is 30.0 Å². The average Bonchev–Trinajstić information content (AvgIpc) is 3.11. The van der Waals surface area contributed by atoms with E-state index >= 15 is 0 Å². The molecule has 2 N–H and O–H groups in total. The first-order valence-electron chi connectivity index (χ1n) is 8.77. The summed E-state index contributed by atoms with van der Waals surface area (Å²) in [4.78, 5) is 16.2. The Labute approximate surface area is 143 Å². The number of amides is 2. The monoisotopic (exact) mass is 326 g/mol. The molecule has 1 aliphatic rings. The average molecular weight is 326 g/mol. The number of carbonyl (C=O) groups excluding carboxylic acids is 1. The number of benzene rings is 1. The Morgan fingerprint density at radius 3 is 2.54 bits per heavy atom. The van der Waals surface area contributed by atoms with Gasteiger partial charge in [0.05, 0.1) is 12.4 Å². The van der Waals surface area contributed by atoms with Crippen LogP contribution in [0.5, 0.6) is 0 Å². The molecule has 5 nitrogen and oxygen atoms in total. The lowest BCUT2D eigenvalue weighted by Crippen LogP contribution is -2.44. The highest BCUT2D eigenvalue weighted by atomic mass is 16.2. The zero-order valence-corrected chi connectivity index (χ0v) is 14.4. The van der Waals surface area contributed by atoms with Crippen LogP contribution in [0.1, 0.15) is 51.1 Å². The molecular formula is C19H26N4O. The topological polar surface area (TPSA) is 59.0 Å². The van der Waals surface area contributed by atoms with E-state index in [1.807, 2.05) is 42.0 Å². The number of urea groups is 1. The molecule has 3 rings (SSSR count). The molecule has 0 saturated heterocycles. The van der Waals surface area contributed by atoms with Gasteiger partial charge in [0.2, 0.25) is 0 Å². The van der Waals surface area contributed by atoms with Gasteiger partial charge in [-0.1, -0.05) is 19.1 Å². The predicted octanol–water partition coefficient (Wildman–Crippen LogP) is 3.81. The first-order chi connectivity index (χ1) is 11.6. The summed E-state index contributed by atoms with van der Waals surface area (Å²) < 4.78 is 1.96. The molecular weight excluding hydrogens is 300 g/mol. The fourth-order valence-corrected chi connectivity index (χ4v) is 3.26. The number of hydrogen-bond acceptors (Lipinski definition) is 2. The second-order valence-electron chi connectivity index (χ2n) is 6.86. The van der Waals surface area contributed by atoms with Gasteiger partial charge in [-0.2, -0.15) is 0 Å². The lowest BCUT2D eigenvalue weighted by molar-refractivity contribution is 0.225. The van der Waals surface area contributed by atoms with Crippen LogP contribution in [0.25, 0.3) is 5.69 Å². The van der Waals surface area contributed by atoms with Gasteiger partial charge in [-0.15, -0.1) is 0 Å². The third-order valence-corrected chi connectivity index (χ3v) is 4.89. The highest BCUT2D eigenvalue weighted by molar-refractivity contribution is 5.74. The maximum atomic E-state index is 12.2. The van der Waals surface area contributed by atoms with Gasteiger partial charge in [-0.3, -0.25) is 0 Å². The van der Waals surface area contributed by atoms with Crippen molar-refractivity contribution in [2.45, 2.75) is 51.6 Å². The standard InChI is InChI=1S/C19H26N4O/c1-14-3-7-17(8-4-14)22-19(24)21-15(2)16-5-9-18(10-6-16)23-12-11-20-13-23/h5-6,9-15,17H,3-4,7-8H2,1-2H3,(H2,21,22,24). The minimum atomic E-state index is -0.0688. The molecule has 5 heteroatoms. The maximum Gasteiger partial charge on any atom is 0.315 e. The summed E-state index contributed by atoms with van der Waals surface area (Å²) in [5.74, 6) is 0.791. The maximum absolute atomic E-state index is 12.2. The lowest BCUT2D eigenvalue weighted by Gasteiger charge is -2.27. The zero-order valence-electron chi connectivity index (χ0n) is 14.4. The van der Waals surface area contributed by atoms with Crippen molar-refractivity contribution in [1.82, 2.24) is 20.2 Å². The molecule has 1 atom stereocenters. The Morgan fingerprint density at radius 2 is 1.92 bits per heavy atom. The third-order valence-electron chi connectivity index (χ3n) is 4.89. The van der Waals surface area contributed by atoms with Gasteiger partial charge >= 0.3 is 6.03 Å². The minimum Gasteiger partial charge on any atom is -0.335 e. The Hall–Kier alpha value is -2.30. The molecule has 1 fully saturated rings. The van der Waals surface area contributed by atoms with Crippen molar-refractivity contribution in [3.05, 3.63) is 48.5 Å². The highest BCUT2D eigenvalue weighted by Gasteiger charge is 2.20. The van der Waals surface area contributed by atoms with Crippen LogP contribution < -0.4 is 10.6 Å². The molecule has 1 aromatic carbocycles. The molecule has 1 aliphatic carbocycles. The van der Waals surface area contributed by atoms with Crippen LogP contribution in [0.15, 0.2) is 43.0 Å². The molecule has 2 aromatic rings. The lowest BCUT2D eigenvalue weighted by atomic mass is 9.87. The normalized spacial score (nSPS) is 21.9. The van der Waals surface area contributed by atoms with E-state index in [2.05, 4.69) is 22.5 Å². The van der Waals surface area contributed by atoms with Gasteiger partial charge in [0.25, 0.3) is 0 Å². The first kappa shape index (κ1) is 16.6. The molecule has 2 amide bonds. The SMILES string of the molecule is CC1CCC(NC(=O)NC(C)c2ccc(-n3ccnc3)cc2)CC1. The Kier molecular flexibility index (Phi) is 5.18. The van der Waals surface area contributed by atoms with Crippen LogP contribution in [0.4, 0.5) is 4.79 Å². The van der Waals surface area contributed by atoms with Gasteiger partial charge < -0.3 is 15.2 Å². The van der Waals surface area contributed by atoms with Crippen LogP contribution in [-0.2, 0) is 0 Å². The minimum absolute atomic E-state index is 0.0237.